The zero-order valence-electron chi connectivity index (χ0n) is 12.8. The van der Waals surface area contributed by atoms with Gasteiger partial charge in [0.2, 0.25) is 0 Å². The number of carboxylic acids is 1. The van der Waals surface area contributed by atoms with Crippen molar-refractivity contribution in [2.24, 2.45) is 0 Å². The molecule has 5 nitrogen and oxygen atoms in total. The summed E-state index contributed by atoms with van der Waals surface area (Å²) in [5, 5.41) is 9.19. The molecule has 5 heteroatoms. The molecule has 0 unspecified atom stereocenters. The van der Waals surface area contributed by atoms with Crippen molar-refractivity contribution < 1.29 is 24.2 Å². The average molecular weight is 324 g/mol. The van der Waals surface area contributed by atoms with E-state index in [-0.39, 0.29) is 18.6 Å². The number of ether oxygens (including phenoxy) is 1. The molecule has 24 heavy (non-hydrogen) atoms. The van der Waals surface area contributed by atoms with Gasteiger partial charge in [-0.3, -0.25) is 4.79 Å². The van der Waals surface area contributed by atoms with Crippen LogP contribution in [-0.2, 0) is 9.53 Å². The van der Waals surface area contributed by atoms with E-state index in [1.54, 1.807) is 60.7 Å². The van der Waals surface area contributed by atoms with Crippen molar-refractivity contribution in [2.45, 2.75) is 6.42 Å². The molecule has 0 amide bonds. The number of rotatable bonds is 7. The van der Waals surface area contributed by atoms with E-state index in [0.29, 0.717) is 11.1 Å². The molecule has 122 valence electrons. The van der Waals surface area contributed by atoms with E-state index < -0.39 is 17.7 Å². The summed E-state index contributed by atoms with van der Waals surface area (Å²) in [5.74, 6) is -2.15. The van der Waals surface area contributed by atoms with Crippen LogP contribution in [0, 0.1) is 0 Å². The predicted octanol–water partition coefficient (Wildman–Crippen LogP) is 3.13. The van der Waals surface area contributed by atoms with Gasteiger partial charge in [0.05, 0.1) is 12.2 Å². The molecule has 0 spiro atoms. The number of benzene rings is 2. The van der Waals surface area contributed by atoms with Crippen LogP contribution in [0.1, 0.15) is 27.1 Å². The van der Waals surface area contributed by atoms with E-state index in [9.17, 15) is 19.5 Å². The van der Waals surface area contributed by atoms with Crippen LogP contribution >= 0.6 is 0 Å². The smallest absolute Gasteiger partial charge is 0.338 e. The van der Waals surface area contributed by atoms with Gasteiger partial charge >= 0.3 is 11.9 Å². The van der Waals surface area contributed by atoms with Crippen LogP contribution in [0.4, 0.5) is 0 Å². The van der Waals surface area contributed by atoms with E-state index in [0.717, 1.165) is 6.08 Å². The lowest BCUT2D eigenvalue weighted by molar-refractivity contribution is -0.132. The molecule has 2 aromatic carbocycles. The van der Waals surface area contributed by atoms with Crippen LogP contribution in [-0.4, -0.2) is 29.4 Å². The Morgan fingerprint density at radius 1 is 0.875 bits per heavy atom. The Morgan fingerprint density at radius 3 is 1.96 bits per heavy atom. The Bertz CT molecular complexity index is 748. The summed E-state index contributed by atoms with van der Waals surface area (Å²) >= 11 is 0. The molecule has 0 saturated heterocycles. The first-order chi connectivity index (χ1) is 11.6. The van der Waals surface area contributed by atoms with Crippen molar-refractivity contribution in [3.05, 3.63) is 83.4 Å². The number of carbonyl (C=O) groups excluding carboxylic acids is 2. The second-order valence-corrected chi connectivity index (χ2v) is 4.96. The number of hydrogen-bond donors (Lipinski definition) is 1. The van der Waals surface area contributed by atoms with Gasteiger partial charge < -0.3 is 9.84 Å². The van der Waals surface area contributed by atoms with E-state index >= 15 is 0 Å². The largest absolute Gasteiger partial charge is 0.478 e. The first kappa shape index (κ1) is 17.1. The molecule has 0 saturated carbocycles. The number of carboxylic acid groups (broad SMARTS) is 1. The lowest BCUT2D eigenvalue weighted by atomic mass is 10.1. The predicted molar refractivity (Wildman–Crippen MR) is 87.8 cm³/mol. The van der Waals surface area contributed by atoms with Crippen LogP contribution in [0.5, 0.6) is 0 Å². The minimum Gasteiger partial charge on any atom is -0.478 e. The number of esters is 1. The fraction of sp³-hybridized carbons (Fsp3) is 0.105. The number of ketones is 1. The van der Waals surface area contributed by atoms with Crippen molar-refractivity contribution >= 4 is 17.7 Å². The highest BCUT2D eigenvalue weighted by Gasteiger charge is 2.13. The van der Waals surface area contributed by atoms with Crippen molar-refractivity contribution in [1.29, 1.82) is 0 Å². The van der Waals surface area contributed by atoms with Crippen LogP contribution in [0.25, 0.3) is 0 Å². The van der Waals surface area contributed by atoms with E-state index in [4.69, 9.17) is 4.74 Å². The van der Waals surface area contributed by atoms with Gasteiger partial charge in [0.1, 0.15) is 0 Å². The number of carbonyl (C=O) groups is 3. The maximum Gasteiger partial charge on any atom is 0.338 e. The van der Waals surface area contributed by atoms with Gasteiger partial charge in [-0.05, 0) is 18.2 Å². The normalized spacial score (nSPS) is 10.9. The lowest BCUT2D eigenvalue weighted by Crippen LogP contribution is -2.11. The van der Waals surface area contributed by atoms with E-state index in [1.807, 2.05) is 0 Å². The molecule has 2 rings (SSSR count). The third-order valence-corrected chi connectivity index (χ3v) is 3.25. The Hall–Kier alpha value is -3.21. The van der Waals surface area contributed by atoms with Crippen LogP contribution < -0.4 is 0 Å². The lowest BCUT2D eigenvalue weighted by Gasteiger charge is -2.05. The van der Waals surface area contributed by atoms with Crippen molar-refractivity contribution in [3.63, 3.8) is 0 Å². The molecule has 0 atom stereocenters. The first-order valence-corrected chi connectivity index (χ1v) is 7.33. The zero-order valence-corrected chi connectivity index (χ0v) is 12.8. The molecule has 0 radical (unpaired) electrons. The van der Waals surface area contributed by atoms with Gasteiger partial charge in [-0.15, -0.1) is 0 Å². The average Bonchev–Trinajstić information content (AvgIpc) is 2.62. The summed E-state index contributed by atoms with van der Waals surface area (Å²) in [6, 6.07) is 16.8. The topological polar surface area (TPSA) is 80.7 Å². The van der Waals surface area contributed by atoms with Gasteiger partial charge in [-0.2, -0.15) is 0 Å². The summed E-state index contributed by atoms with van der Waals surface area (Å²) in [5.41, 5.74) is 0.681. The Kier molecular flexibility index (Phi) is 6.02. The van der Waals surface area contributed by atoms with E-state index in [1.165, 1.54) is 0 Å². The minimum absolute atomic E-state index is 0.0491. The highest BCUT2D eigenvalue weighted by molar-refractivity contribution is 6.08. The summed E-state index contributed by atoms with van der Waals surface area (Å²) in [6.45, 7) is -0.117. The molecule has 0 bridgehead atoms. The molecular formula is C19H16O5. The number of aliphatic carboxylic acids is 1. The molecule has 0 aliphatic heterocycles. The van der Waals surface area contributed by atoms with Crippen LogP contribution in [0.15, 0.2) is 72.3 Å². The summed E-state index contributed by atoms with van der Waals surface area (Å²) in [7, 11) is 0. The SMILES string of the molecule is O=C(O)C(=CC(=O)c1ccccc1)CCOC(=O)c1ccccc1. The van der Waals surface area contributed by atoms with Crippen molar-refractivity contribution in [2.75, 3.05) is 6.61 Å². The van der Waals surface area contributed by atoms with Gasteiger partial charge in [0, 0.05) is 17.6 Å². The maximum atomic E-state index is 12.0. The zero-order chi connectivity index (χ0) is 17.4. The molecule has 0 aliphatic rings. The van der Waals surface area contributed by atoms with Gasteiger partial charge in [-0.25, -0.2) is 9.59 Å². The van der Waals surface area contributed by atoms with E-state index in [2.05, 4.69) is 0 Å². The fourth-order valence-electron chi connectivity index (χ4n) is 2.00. The van der Waals surface area contributed by atoms with Crippen LogP contribution in [0.2, 0.25) is 0 Å². The molecule has 0 aromatic heterocycles. The van der Waals surface area contributed by atoms with Gasteiger partial charge in [0.25, 0.3) is 0 Å². The second-order valence-electron chi connectivity index (χ2n) is 4.96. The number of allylic oxidation sites excluding steroid dienone is 1. The molecular weight excluding hydrogens is 308 g/mol. The third kappa shape index (κ3) is 4.91. The standard InChI is InChI=1S/C19H16O5/c20-17(14-7-3-1-4-8-14)13-16(18(21)22)11-12-24-19(23)15-9-5-2-6-10-15/h1-10,13H,11-12H2,(H,21,22). The quantitative estimate of drug-likeness (QED) is 0.481. The Morgan fingerprint density at radius 2 is 1.42 bits per heavy atom. The Balaban J connectivity index is 1.97. The first-order valence-electron chi connectivity index (χ1n) is 7.33. The molecule has 1 N–H and O–H groups in total. The van der Waals surface area contributed by atoms with Crippen molar-refractivity contribution in [3.8, 4) is 0 Å². The summed E-state index contributed by atoms with van der Waals surface area (Å²) in [6.07, 6.45) is 1.01. The Labute approximate surface area is 139 Å². The molecule has 0 heterocycles. The summed E-state index contributed by atoms with van der Waals surface area (Å²) < 4.78 is 5.04. The number of hydrogen-bond acceptors (Lipinski definition) is 4. The van der Waals surface area contributed by atoms with Crippen LogP contribution in [0.3, 0.4) is 0 Å². The molecule has 0 fully saturated rings. The third-order valence-electron chi connectivity index (χ3n) is 3.25. The highest BCUT2D eigenvalue weighted by Crippen LogP contribution is 2.09. The maximum absolute atomic E-state index is 12.0. The molecule has 0 aliphatic carbocycles. The monoisotopic (exact) mass is 324 g/mol. The second kappa shape index (κ2) is 8.43. The van der Waals surface area contributed by atoms with Crippen molar-refractivity contribution in [1.82, 2.24) is 0 Å². The van der Waals surface area contributed by atoms with Gasteiger partial charge in [0.15, 0.2) is 5.78 Å². The minimum atomic E-state index is -1.21. The highest BCUT2D eigenvalue weighted by atomic mass is 16.5. The molecule has 2 aromatic rings. The summed E-state index contributed by atoms with van der Waals surface area (Å²) in [4.78, 5) is 35.1. The van der Waals surface area contributed by atoms with Gasteiger partial charge in [-0.1, -0.05) is 48.5 Å². The fourth-order valence-corrected chi connectivity index (χ4v) is 2.00.